The number of fused-ring (bicyclic) bond motifs is 3. The van der Waals surface area contributed by atoms with E-state index < -0.39 is 0 Å². The van der Waals surface area contributed by atoms with Crippen LogP contribution in [0.3, 0.4) is 0 Å². The van der Waals surface area contributed by atoms with Crippen LogP contribution in [0.4, 0.5) is 5.69 Å². The van der Waals surface area contributed by atoms with E-state index in [4.69, 9.17) is 5.73 Å². The number of anilines is 1. The minimum absolute atomic E-state index is 0.0865. The zero-order chi connectivity index (χ0) is 20.5. The van der Waals surface area contributed by atoms with Gasteiger partial charge in [-0.3, -0.25) is 19.3 Å². The molecule has 0 saturated carbocycles. The Morgan fingerprint density at radius 2 is 2.03 bits per heavy atom. The number of nitrogens with one attached hydrogen (secondary N) is 1. The Bertz CT molecular complexity index is 928. The summed E-state index contributed by atoms with van der Waals surface area (Å²) in [7, 11) is 0. The van der Waals surface area contributed by atoms with E-state index in [0.717, 1.165) is 24.1 Å². The van der Waals surface area contributed by atoms with E-state index >= 15 is 0 Å². The van der Waals surface area contributed by atoms with Gasteiger partial charge in [0.05, 0.1) is 29.1 Å². The Labute approximate surface area is 169 Å². The molecule has 1 saturated heterocycles. The molecule has 2 heterocycles. The van der Waals surface area contributed by atoms with Crippen molar-refractivity contribution in [2.45, 2.75) is 38.6 Å². The van der Waals surface area contributed by atoms with Crippen molar-refractivity contribution in [1.82, 2.24) is 4.90 Å². The van der Waals surface area contributed by atoms with Gasteiger partial charge in [-0.2, -0.15) is 10.2 Å². The lowest BCUT2D eigenvalue weighted by Crippen LogP contribution is -2.42. The Balaban J connectivity index is 1.47. The normalized spacial score (nSPS) is 21.4. The molecular formula is C21H25N5O3. The van der Waals surface area contributed by atoms with Gasteiger partial charge in [0.15, 0.2) is 5.78 Å². The average molecular weight is 395 g/mol. The fraction of sp³-hybridized carbons (Fsp3) is 0.476. The first kappa shape index (κ1) is 19.4. The summed E-state index contributed by atoms with van der Waals surface area (Å²) in [5.41, 5.74) is 8.63. The standard InChI is InChI=1S/C21H25N5O3/c1-2-4-15-18-19(25-24-15)13-5-3-6-14(17(13)20(18)28)23-16(27)11-26-9-7-12(8-10-26)21(22)29/h3,5-6,12,19H,2,4,7-11H2,1H3,(H2,22,29)(H,23,27). The van der Waals surface area contributed by atoms with Gasteiger partial charge in [-0.15, -0.1) is 0 Å². The first-order valence-corrected chi connectivity index (χ1v) is 10.1. The number of Topliss-reactive ketones (excluding diaryl/α,β-unsaturated/α-hetero) is 1. The Morgan fingerprint density at radius 1 is 1.28 bits per heavy atom. The van der Waals surface area contributed by atoms with Gasteiger partial charge in [-0.25, -0.2) is 0 Å². The Hall–Kier alpha value is -2.87. The molecule has 0 spiro atoms. The minimum Gasteiger partial charge on any atom is -0.369 e. The van der Waals surface area contributed by atoms with E-state index in [1.54, 1.807) is 6.07 Å². The van der Waals surface area contributed by atoms with Crippen LogP contribution < -0.4 is 11.1 Å². The average Bonchev–Trinajstić information content (AvgIpc) is 3.23. The molecule has 8 heteroatoms. The van der Waals surface area contributed by atoms with Crippen LogP contribution >= 0.6 is 0 Å². The number of amides is 2. The molecule has 1 fully saturated rings. The van der Waals surface area contributed by atoms with Crippen molar-refractivity contribution in [3.63, 3.8) is 0 Å². The smallest absolute Gasteiger partial charge is 0.238 e. The Kier molecular flexibility index (Phi) is 5.27. The van der Waals surface area contributed by atoms with Gasteiger partial charge in [0.1, 0.15) is 6.04 Å². The van der Waals surface area contributed by atoms with Crippen molar-refractivity contribution in [2.75, 3.05) is 25.0 Å². The number of ketones is 1. The number of likely N-dealkylation sites (tertiary alicyclic amines) is 1. The van der Waals surface area contributed by atoms with Crippen molar-refractivity contribution in [3.05, 3.63) is 40.6 Å². The summed E-state index contributed by atoms with van der Waals surface area (Å²) in [4.78, 5) is 39.0. The lowest BCUT2D eigenvalue weighted by molar-refractivity contribution is -0.123. The maximum absolute atomic E-state index is 13.1. The third-order valence-corrected chi connectivity index (χ3v) is 5.86. The zero-order valence-electron chi connectivity index (χ0n) is 16.5. The molecule has 0 aromatic heterocycles. The number of nitrogens with two attached hydrogens (primary N) is 1. The van der Waals surface area contributed by atoms with E-state index in [1.165, 1.54) is 0 Å². The predicted octanol–water partition coefficient (Wildman–Crippen LogP) is 2.58. The number of primary amides is 1. The van der Waals surface area contributed by atoms with Crippen LogP contribution in [0.5, 0.6) is 0 Å². The van der Waals surface area contributed by atoms with E-state index in [9.17, 15) is 14.4 Å². The number of hydrogen-bond acceptors (Lipinski definition) is 6. The van der Waals surface area contributed by atoms with E-state index in [-0.39, 0.29) is 36.1 Å². The molecule has 1 aromatic rings. The molecule has 0 radical (unpaired) electrons. The molecule has 2 aliphatic heterocycles. The van der Waals surface area contributed by atoms with E-state index in [0.29, 0.717) is 42.8 Å². The van der Waals surface area contributed by atoms with Gasteiger partial charge in [-0.05, 0) is 44.0 Å². The number of hydrogen-bond donors (Lipinski definition) is 2. The number of allylic oxidation sites excluding steroid dienone is 1. The van der Waals surface area contributed by atoms with Gasteiger partial charge < -0.3 is 11.1 Å². The van der Waals surface area contributed by atoms with Gasteiger partial charge in [0.25, 0.3) is 0 Å². The highest BCUT2D eigenvalue weighted by Gasteiger charge is 2.41. The van der Waals surface area contributed by atoms with Crippen molar-refractivity contribution < 1.29 is 14.4 Å². The third-order valence-electron chi connectivity index (χ3n) is 5.86. The van der Waals surface area contributed by atoms with Crippen molar-refractivity contribution in [1.29, 1.82) is 0 Å². The number of carbonyl (C=O) groups excluding carboxylic acids is 3. The molecule has 3 aliphatic rings. The van der Waals surface area contributed by atoms with Crippen LogP contribution in [-0.2, 0) is 9.59 Å². The zero-order valence-corrected chi connectivity index (χ0v) is 16.5. The number of rotatable bonds is 6. The monoisotopic (exact) mass is 395 g/mol. The number of azo groups is 1. The molecule has 2 amide bonds. The summed E-state index contributed by atoms with van der Waals surface area (Å²) < 4.78 is 0. The van der Waals surface area contributed by atoms with Crippen LogP contribution in [0.25, 0.3) is 0 Å². The number of benzene rings is 1. The molecule has 1 unspecified atom stereocenters. The second kappa shape index (κ2) is 7.87. The van der Waals surface area contributed by atoms with Crippen molar-refractivity contribution >= 4 is 23.3 Å². The lowest BCUT2D eigenvalue weighted by Gasteiger charge is -2.29. The fourth-order valence-electron chi connectivity index (χ4n) is 4.35. The molecule has 1 aromatic carbocycles. The first-order chi connectivity index (χ1) is 14.0. The first-order valence-electron chi connectivity index (χ1n) is 10.1. The molecule has 8 nitrogen and oxygen atoms in total. The summed E-state index contributed by atoms with van der Waals surface area (Å²) in [5.74, 6) is -0.641. The second-order valence-corrected chi connectivity index (χ2v) is 7.83. The second-order valence-electron chi connectivity index (χ2n) is 7.83. The van der Waals surface area contributed by atoms with Crippen LogP contribution in [0, 0.1) is 5.92 Å². The summed E-state index contributed by atoms with van der Waals surface area (Å²) in [6, 6.07) is 5.12. The van der Waals surface area contributed by atoms with Gasteiger partial charge in [-0.1, -0.05) is 25.5 Å². The van der Waals surface area contributed by atoms with Crippen LogP contribution in [-0.4, -0.2) is 42.1 Å². The van der Waals surface area contributed by atoms with E-state index in [2.05, 4.69) is 15.5 Å². The molecule has 0 bridgehead atoms. The molecule has 4 rings (SSSR count). The largest absolute Gasteiger partial charge is 0.369 e. The maximum Gasteiger partial charge on any atom is 0.238 e. The highest BCUT2D eigenvalue weighted by Crippen LogP contribution is 2.47. The topological polar surface area (TPSA) is 117 Å². The summed E-state index contributed by atoms with van der Waals surface area (Å²) >= 11 is 0. The highest BCUT2D eigenvalue weighted by atomic mass is 16.2. The van der Waals surface area contributed by atoms with Gasteiger partial charge >= 0.3 is 0 Å². The van der Waals surface area contributed by atoms with Gasteiger partial charge in [0.2, 0.25) is 11.8 Å². The molecule has 29 heavy (non-hydrogen) atoms. The van der Waals surface area contributed by atoms with Crippen molar-refractivity contribution in [3.8, 4) is 0 Å². The quantitative estimate of drug-likeness (QED) is 0.770. The van der Waals surface area contributed by atoms with Crippen molar-refractivity contribution in [2.24, 2.45) is 21.9 Å². The summed E-state index contributed by atoms with van der Waals surface area (Å²) in [6.07, 6.45) is 2.95. The summed E-state index contributed by atoms with van der Waals surface area (Å²) in [5, 5.41) is 11.4. The van der Waals surface area contributed by atoms with Gasteiger partial charge in [0, 0.05) is 5.92 Å². The Morgan fingerprint density at radius 3 is 2.72 bits per heavy atom. The number of nitrogens with zero attached hydrogens (tertiary/aromatic N) is 3. The van der Waals surface area contributed by atoms with Crippen LogP contribution in [0.2, 0.25) is 0 Å². The molecule has 152 valence electrons. The maximum atomic E-state index is 13.1. The molecule has 1 atom stereocenters. The minimum atomic E-state index is -0.344. The molecular weight excluding hydrogens is 370 g/mol. The molecule has 1 aliphatic carbocycles. The van der Waals surface area contributed by atoms with E-state index in [1.807, 2.05) is 24.0 Å². The SMILES string of the molecule is CCCC1=C2C(=O)c3c(NC(=O)CN4CCC(C(N)=O)CC4)cccc3C2N=N1. The van der Waals surface area contributed by atoms with Crippen LogP contribution in [0.15, 0.2) is 39.7 Å². The summed E-state index contributed by atoms with van der Waals surface area (Å²) in [6.45, 7) is 3.57. The lowest BCUT2D eigenvalue weighted by atomic mass is 9.96. The van der Waals surface area contributed by atoms with Crippen LogP contribution in [0.1, 0.15) is 54.6 Å². The predicted molar refractivity (Wildman–Crippen MR) is 107 cm³/mol. The third kappa shape index (κ3) is 3.60. The molecule has 3 N–H and O–H groups in total. The fourth-order valence-corrected chi connectivity index (χ4v) is 4.35. The number of carbonyl (C=O) groups is 3. The number of piperidine rings is 1. The highest BCUT2D eigenvalue weighted by molar-refractivity contribution is 6.19.